The summed E-state index contributed by atoms with van der Waals surface area (Å²) in [4.78, 5) is 41.5. The fourth-order valence-corrected chi connectivity index (χ4v) is 3.72. The average Bonchev–Trinajstić information content (AvgIpc) is 2.99. The van der Waals surface area contributed by atoms with Gasteiger partial charge in [-0.05, 0) is 56.2 Å². The lowest BCUT2D eigenvalue weighted by Gasteiger charge is -2.08. The predicted octanol–water partition coefficient (Wildman–Crippen LogP) is 3.20. The van der Waals surface area contributed by atoms with Gasteiger partial charge in [-0.25, -0.2) is 9.36 Å². The van der Waals surface area contributed by atoms with Crippen LogP contribution in [0.5, 0.6) is 0 Å². The highest BCUT2D eigenvalue weighted by Gasteiger charge is 2.20. The Hall–Kier alpha value is -3.87. The lowest BCUT2D eigenvalue weighted by atomic mass is 10.1. The van der Waals surface area contributed by atoms with E-state index in [1.165, 1.54) is 0 Å². The quantitative estimate of drug-likeness (QED) is 0.552. The molecule has 0 aliphatic carbocycles. The molecule has 0 aliphatic heterocycles. The smallest absolute Gasteiger partial charge is 0.333 e. The van der Waals surface area contributed by atoms with Crippen molar-refractivity contribution >= 4 is 22.6 Å². The van der Waals surface area contributed by atoms with E-state index in [2.05, 4.69) is 10.3 Å². The Morgan fingerprint density at radius 1 is 0.933 bits per heavy atom. The summed E-state index contributed by atoms with van der Waals surface area (Å²) in [6, 6.07) is 12.8. The molecule has 4 aromatic rings. The van der Waals surface area contributed by atoms with Crippen LogP contribution in [0.1, 0.15) is 27.0 Å². The Bertz CT molecular complexity index is 1390. The standard InChI is InChI=1S/C23H22N4O3/c1-13-5-7-17(8-6-13)27-22(29)20-19(25-23(27)30)18(12-26(20)4)21(28)24-16-10-14(2)9-15(3)11-16/h5-12H,1-4H3,(H,24,28)(H,25,30). The molecule has 2 heterocycles. The minimum Gasteiger partial charge on any atom is -0.344 e. The summed E-state index contributed by atoms with van der Waals surface area (Å²) >= 11 is 0. The summed E-state index contributed by atoms with van der Waals surface area (Å²) < 4.78 is 2.64. The van der Waals surface area contributed by atoms with E-state index < -0.39 is 17.2 Å². The second kappa shape index (κ2) is 7.18. The molecule has 7 nitrogen and oxygen atoms in total. The Balaban J connectivity index is 1.83. The molecule has 1 amide bonds. The van der Waals surface area contributed by atoms with Gasteiger partial charge in [0.15, 0.2) is 0 Å². The van der Waals surface area contributed by atoms with Crippen molar-refractivity contribution in [2.75, 3.05) is 5.32 Å². The van der Waals surface area contributed by atoms with E-state index in [0.717, 1.165) is 21.3 Å². The zero-order chi connectivity index (χ0) is 21.6. The highest BCUT2D eigenvalue weighted by atomic mass is 16.2. The van der Waals surface area contributed by atoms with Crippen LogP contribution >= 0.6 is 0 Å². The molecule has 2 aromatic heterocycles. The number of hydrogen-bond acceptors (Lipinski definition) is 3. The van der Waals surface area contributed by atoms with Crippen LogP contribution in [-0.4, -0.2) is 20.0 Å². The molecule has 30 heavy (non-hydrogen) atoms. The topological polar surface area (TPSA) is 88.9 Å². The summed E-state index contributed by atoms with van der Waals surface area (Å²) in [7, 11) is 1.68. The van der Waals surface area contributed by atoms with Gasteiger partial charge in [0, 0.05) is 18.9 Å². The van der Waals surface area contributed by atoms with Gasteiger partial charge in [0.05, 0.1) is 16.8 Å². The Morgan fingerprint density at radius 2 is 1.57 bits per heavy atom. The van der Waals surface area contributed by atoms with Gasteiger partial charge >= 0.3 is 5.69 Å². The summed E-state index contributed by atoms with van der Waals surface area (Å²) in [5.41, 5.74) is 3.83. The summed E-state index contributed by atoms with van der Waals surface area (Å²) in [5, 5.41) is 2.85. The van der Waals surface area contributed by atoms with Crippen LogP contribution in [0, 0.1) is 20.8 Å². The highest BCUT2D eigenvalue weighted by Crippen LogP contribution is 2.19. The third-order valence-corrected chi connectivity index (χ3v) is 5.04. The van der Waals surface area contributed by atoms with Gasteiger partial charge in [-0.3, -0.25) is 9.59 Å². The molecule has 0 radical (unpaired) electrons. The Morgan fingerprint density at radius 3 is 2.20 bits per heavy atom. The molecule has 0 saturated heterocycles. The van der Waals surface area contributed by atoms with Crippen LogP contribution in [0.2, 0.25) is 0 Å². The number of H-pyrrole nitrogens is 1. The van der Waals surface area contributed by atoms with Crippen molar-refractivity contribution in [3.63, 3.8) is 0 Å². The molecule has 0 spiro atoms. The number of aryl methyl sites for hydroxylation is 4. The number of amides is 1. The van der Waals surface area contributed by atoms with Crippen LogP contribution in [0.15, 0.2) is 58.3 Å². The van der Waals surface area contributed by atoms with Gasteiger partial charge in [-0.15, -0.1) is 0 Å². The van der Waals surface area contributed by atoms with Crippen LogP contribution < -0.4 is 16.6 Å². The number of anilines is 1. The highest BCUT2D eigenvalue weighted by molar-refractivity contribution is 6.11. The fraction of sp³-hybridized carbons (Fsp3) is 0.174. The maximum atomic E-state index is 13.1. The lowest BCUT2D eigenvalue weighted by molar-refractivity contribution is 0.102. The number of aromatic amines is 1. The molecule has 152 valence electrons. The van der Waals surface area contributed by atoms with Crippen molar-refractivity contribution in [1.82, 2.24) is 14.1 Å². The number of benzene rings is 2. The third-order valence-electron chi connectivity index (χ3n) is 5.04. The zero-order valence-electron chi connectivity index (χ0n) is 17.2. The number of carbonyl (C=O) groups is 1. The third kappa shape index (κ3) is 3.34. The van der Waals surface area contributed by atoms with E-state index in [9.17, 15) is 14.4 Å². The first kappa shape index (κ1) is 19.4. The van der Waals surface area contributed by atoms with E-state index in [4.69, 9.17) is 0 Å². The molecule has 0 fully saturated rings. The molecule has 7 heteroatoms. The Kier molecular flexibility index (Phi) is 4.66. The second-order valence-electron chi connectivity index (χ2n) is 7.61. The number of rotatable bonds is 3. The molecule has 2 N–H and O–H groups in total. The molecule has 2 aromatic carbocycles. The minimum atomic E-state index is -0.594. The number of carbonyl (C=O) groups excluding carboxylic acids is 1. The second-order valence-corrected chi connectivity index (χ2v) is 7.61. The molecule has 0 atom stereocenters. The first-order valence-corrected chi connectivity index (χ1v) is 9.55. The molecule has 0 aliphatic rings. The summed E-state index contributed by atoms with van der Waals surface area (Å²) in [5.74, 6) is -0.395. The van der Waals surface area contributed by atoms with Crippen molar-refractivity contribution in [3.8, 4) is 5.69 Å². The van der Waals surface area contributed by atoms with Crippen molar-refractivity contribution in [1.29, 1.82) is 0 Å². The lowest BCUT2D eigenvalue weighted by Crippen LogP contribution is -2.34. The van der Waals surface area contributed by atoms with Crippen LogP contribution in [0.25, 0.3) is 16.7 Å². The van der Waals surface area contributed by atoms with Gasteiger partial charge in [-0.2, -0.15) is 0 Å². The molecule has 0 unspecified atom stereocenters. The molecule has 4 rings (SSSR count). The molecular weight excluding hydrogens is 380 g/mol. The first-order valence-electron chi connectivity index (χ1n) is 9.55. The van der Waals surface area contributed by atoms with Crippen molar-refractivity contribution in [2.24, 2.45) is 7.05 Å². The zero-order valence-corrected chi connectivity index (χ0v) is 17.2. The molecule has 0 saturated carbocycles. The van der Waals surface area contributed by atoms with Gasteiger partial charge in [0.25, 0.3) is 11.5 Å². The maximum Gasteiger partial charge on any atom is 0.333 e. The van der Waals surface area contributed by atoms with Crippen molar-refractivity contribution < 1.29 is 4.79 Å². The molecule has 0 bridgehead atoms. The largest absolute Gasteiger partial charge is 0.344 e. The van der Waals surface area contributed by atoms with E-state index >= 15 is 0 Å². The number of nitrogens with zero attached hydrogens (tertiary/aromatic N) is 2. The minimum absolute atomic E-state index is 0.220. The normalized spacial score (nSPS) is 11.1. The van der Waals surface area contributed by atoms with Gasteiger partial charge < -0.3 is 14.9 Å². The first-order chi connectivity index (χ1) is 14.2. The SMILES string of the molecule is Cc1ccc(-n2c(=O)[nH]c3c(C(=O)Nc4cc(C)cc(C)c4)cn(C)c3c2=O)cc1. The van der Waals surface area contributed by atoms with E-state index in [1.807, 2.05) is 51.1 Å². The Labute approximate surface area is 172 Å². The fourth-order valence-electron chi connectivity index (χ4n) is 3.72. The summed E-state index contributed by atoms with van der Waals surface area (Å²) in [6.07, 6.45) is 1.56. The number of aromatic nitrogens is 3. The molecular formula is C23H22N4O3. The van der Waals surface area contributed by atoms with Crippen LogP contribution in [0.4, 0.5) is 5.69 Å². The van der Waals surface area contributed by atoms with E-state index in [0.29, 0.717) is 11.4 Å². The number of nitrogens with one attached hydrogen (secondary N) is 2. The van der Waals surface area contributed by atoms with Gasteiger partial charge in [0.2, 0.25) is 0 Å². The predicted molar refractivity (Wildman–Crippen MR) is 118 cm³/mol. The average molecular weight is 402 g/mol. The summed E-state index contributed by atoms with van der Waals surface area (Å²) in [6.45, 7) is 5.83. The van der Waals surface area contributed by atoms with Crippen LogP contribution in [-0.2, 0) is 7.05 Å². The van der Waals surface area contributed by atoms with E-state index in [-0.39, 0.29) is 16.6 Å². The van der Waals surface area contributed by atoms with E-state index in [1.54, 1.807) is 29.9 Å². The van der Waals surface area contributed by atoms with Crippen LogP contribution in [0.3, 0.4) is 0 Å². The maximum absolute atomic E-state index is 13.1. The number of fused-ring (bicyclic) bond motifs is 1. The van der Waals surface area contributed by atoms with Crippen molar-refractivity contribution in [3.05, 3.63) is 91.8 Å². The van der Waals surface area contributed by atoms with Crippen molar-refractivity contribution in [2.45, 2.75) is 20.8 Å². The monoisotopic (exact) mass is 402 g/mol. The van der Waals surface area contributed by atoms with Gasteiger partial charge in [-0.1, -0.05) is 23.8 Å². The number of hydrogen-bond donors (Lipinski definition) is 2. The van der Waals surface area contributed by atoms with Gasteiger partial charge in [0.1, 0.15) is 5.52 Å².